The van der Waals surface area contributed by atoms with Crippen molar-refractivity contribution in [1.82, 2.24) is 4.57 Å². The highest BCUT2D eigenvalue weighted by molar-refractivity contribution is 6.09. The van der Waals surface area contributed by atoms with Gasteiger partial charge in [0.05, 0.1) is 16.4 Å². The molecule has 1 heterocycles. The molecule has 268 valence electrons. The first-order valence-corrected chi connectivity index (χ1v) is 19.7. The van der Waals surface area contributed by atoms with Crippen molar-refractivity contribution >= 4 is 38.9 Å². The second-order valence-corrected chi connectivity index (χ2v) is 14.9. The van der Waals surface area contributed by atoms with Crippen molar-refractivity contribution in [2.24, 2.45) is 0 Å². The van der Waals surface area contributed by atoms with Gasteiger partial charge >= 0.3 is 0 Å². The molecule has 0 unspecified atom stereocenters. The number of para-hydroxylation sites is 2. The maximum absolute atomic E-state index is 2.45. The van der Waals surface area contributed by atoms with E-state index < -0.39 is 5.41 Å². The predicted molar refractivity (Wildman–Crippen MR) is 238 cm³/mol. The fraction of sp³-hybridized carbons (Fsp3) is 0.0182. The summed E-state index contributed by atoms with van der Waals surface area (Å²) < 4.78 is 2.38. The van der Waals surface area contributed by atoms with Crippen LogP contribution in [0.4, 0.5) is 17.1 Å². The molecule has 0 radical (unpaired) electrons. The zero-order chi connectivity index (χ0) is 37.8. The largest absolute Gasteiger partial charge is 0.310 e. The normalized spacial score (nSPS) is 12.7. The first-order chi connectivity index (χ1) is 28.3. The van der Waals surface area contributed by atoms with Crippen LogP contribution in [-0.2, 0) is 5.41 Å². The summed E-state index contributed by atoms with van der Waals surface area (Å²) in [5, 5.41) is 2.52. The second-order valence-electron chi connectivity index (χ2n) is 14.9. The van der Waals surface area contributed by atoms with Gasteiger partial charge in [-0.25, -0.2) is 0 Å². The van der Waals surface area contributed by atoms with Crippen LogP contribution in [0.5, 0.6) is 0 Å². The third-order valence-electron chi connectivity index (χ3n) is 11.9. The maximum Gasteiger partial charge on any atom is 0.0714 e. The molecule has 1 aliphatic carbocycles. The molecule has 0 N–H and O–H groups in total. The van der Waals surface area contributed by atoms with Crippen molar-refractivity contribution < 1.29 is 0 Å². The standard InChI is InChI=1S/C55H38N2/c1-4-16-39(17-5-1)40-28-30-43(31-29-40)56(44-32-34-45(35-33-44)57-53-26-14-11-23-49(53)50-24-12-15-27-54(50)57)46-36-37-48-47-22-10-13-25-51(47)55(52(48)38-46,41-18-6-2-7-19-41)42-20-8-3-9-21-42/h1-38H. The summed E-state index contributed by atoms with van der Waals surface area (Å²) in [5.74, 6) is 0. The molecule has 57 heavy (non-hydrogen) atoms. The smallest absolute Gasteiger partial charge is 0.0714 e. The quantitative estimate of drug-likeness (QED) is 0.159. The van der Waals surface area contributed by atoms with Gasteiger partial charge in [-0.3, -0.25) is 0 Å². The van der Waals surface area contributed by atoms with E-state index >= 15 is 0 Å². The van der Waals surface area contributed by atoms with Gasteiger partial charge in [-0.1, -0.05) is 170 Å². The summed E-state index contributed by atoms with van der Waals surface area (Å²) in [4.78, 5) is 2.41. The lowest BCUT2D eigenvalue weighted by atomic mass is 9.67. The molecule has 1 aromatic heterocycles. The minimum absolute atomic E-state index is 0.492. The Labute approximate surface area is 333 Å². The van der Waals surface area contributed by atoms with Crippen LogP contribution in [0.3, 0.4) is 0 Å². The van der Waals surface area contributed by atoms with Crippen LogP contribution in [0.15, 0.2) is 231 Å². The third kappa shape index (κ3) is 5.18. The molecule has 1 aliphatic rings. The molecule has 0 fully saturated rings. The molecule has 0 saturated heterocycles. The SMILES string of the molecule is c1ccc(-c2ccc(N(c3ccc(-n4c5ccccc5c5ccccc54)cc3)c3ccc4c(c3)C(c3ccccc3)(c3ccccc3)c3ccccc3-4)cc2)cc1. The van der Waals surface area contributed by atoms with Crippen LogP contribution in [0, 0.1) is 0 Å². The number of fused-ring (bicyclic) bond motifs is 6. The Hall–Kier alpha value is -7.42. The van der Waals surface area contributed by atoms with Crippen molar-refractivity contribution in [3.05, 3.63) is 253 Å². The molecule has 2 nitrogen and oxygen atoms in total. The highest BCUT2D eigenvalue weighted by atomic mass is 15.1. The average Bonchev–Trinajstić information content (AvgIpc) is 3.79. The Morgan fingerprint density at radius 2 is 0.789 bits per heavy atom. The van der Waals surface area contributed by atoms with E-state index in [2.05, 4.69) is 240 Å². The van der Waals surface area contributed by atoms with E-state index in [4.69, 9.17) is 0 Å². The van der Waals surface area contributed by atoms with Gasteiger partial charge in [-0.2, -0.15) is 0 Å². The minimum atomic E-state index is -0.492. The van der Waals surface area contributed by atoms with Crippen LogP contribution in [0.1, 0.15) is 22.3 Å². The van der Waals surface area contributed by atoms with Crippen molar-refractivity contribution in [3.8, 4) is 27.9 Å². The molecule has 10 aromatic rings. The monoisotopic (exact) mass is 726 g/mol. The fourth-order valence-electron chi connectivity index (χ4n) is 9.40. The summed E-state index contributed by atoms with van der Waals surface area (Å²) in [6.45, 7) is 0. The molecule has 0 amide bonds. The molecule has 11 rings (SSSR count). The van der Waals surface area contributed by atoms with Crippen LogP contribution in [0.2, 0.25) is 0 Å². The van der Waals surface area contributed by atoms with E-state index in [0.29, 0.717) is 0 Å². The first-order valence-electron chi connectivity index (χ1n) is 19.7. The lowest BCUT2D eigenvalue weighted by Crippen LogP contribution is -2.28. The van der Waals surface area contributed by atoms with E-state index in [1.54, 1.807) is 0 Å². The molecular weight excluding hydrogens is 689 g/mol. The van der Waals surface area contributed by atoms with Gasteiger partial charge in [-0.15, -0.1) is 0 Å². The Kier molecular flexibility index (Phi) is 7.75. The van der Waals surface area contributed by atoms with Gasteiger partial charge in [0.1, 0.15) is 0 Å². The number of nitrogens with zero attached hydrogens (tertiary/aromatic N) is 2. The van der Waals surface area contributed by atoms with Crippen molar-refractivity contribution in [3.63, 3.8) is 0 Å². The summed E-state index contributed by atoms with van der Waals surface area (Å²) in [6, 6.07) is 84.2. The van der Waals surface area contributed by atoms with Gasteiger partial charge in [0.25, 0.3) is 0 Å². The summed E-state index contributed by atoms with van der Waals surface area (Å²) in [5.41, 5.74) is 16.4. The van der Waals surface area contributed by atoms with E-state index in [1.165, 1.54) is 66.3 Å². The highest BCUT2D eigenvalue weighted by Crippen LogP contribution is 2.57. The zero-order valence-electron chi connectivity index (χ0n) is 31.3. The molecule has 2 heteroatoms. The van der Waals surface area contributed by atoms with Gasteiger partial charge in [0.2, 0.25) is 0 Å². The van der Waals surface area contributed by atoms with E-state index in [1.807, 2.05) is 0 Å². The van der Waals surface area contributed by atoms with Crippen LogP contribution in [-0.4, -0.2) is 4.57 Å². The summed E-state index contributed by atoms with van der Waals surface area (Å²) in [6.07, 6.45) is 0. The van der Waals surface area contributed by atoms with Crippen LogP contribution in [0.25, 0.3) is 49.7 Å². The molecule has 9 aromatic carbocycles. The van der Waals surface area contributed by atoms with Crippen LogP contribution < -0.4 is 4.90 Å². The van der Waals surface area contributed by atoms with Crippen molar-refractivity contribution in [2.45, 2.75) is 5.41 Å². The Bertz CT molecular complexity index is 2940. The number of benzene rings is 9. The zero-order valence-corrected chi connectivity index (χ0v) is 31.3. The lowest BCUT2D eigenvalue weighted by Gasteiger charge is -2.35. The Morgan fingerprint density at radius 3 is 1.40 bits per heavy atom. The van der Waals surface area contributed by atoms with Gasteiger partial charge < -0.3 is 9.47 Å². The van der Waals surface area contributed by atoms with Crippen molar-refractivity contribution in [1.29, 1.82) is 0 Å². The summed E-state index contributed by atoms with van der Waals surface area (Å²) in [7, 11) is 0. The molecule has 0 aliphatic heterocycles. The molecule has 0 atom stereocenters. The van der Waals surface area contributed by atoms with Crippen molar-refractivity contribution in [2.75, 3.05) is 4.90 Å². The topological polar surface area (TPSA) is 8.17 Å². The molecule has 0 bridgehead atoms. The van der Waals surface area contributed by atoms with E-state index in [-0.39, 0.29) is 0 Å². The first kappa shape index (κ1) is 33.0. The average molecular weight is 727 g/mol. The molecule has 0 spiro atoms. The fourth-order valence-corrected chi connectivity index (χ4v) is 9.40. The van der Waals surface area contributed by atoms with E-state index in [0.717, 1.165) is 22.7 Å². The number of hydrogen-bond donors (Lipinski definition) is 0. The molecule has 0 saturated carbocycles. The van der Waals surface area contributed by atoms with Gasteiger partial charge in [0, 0.05) is 33.5 Å². The van der Waals surface area contributed by atoms with Crippen LogP contribution >= 0.6 is 0 Å². The predicted octanol–water partition coefficient (Wildman–Crippen LogP) is 14.3. The summed E-state index contributed by atoms with van der Waals surface area (Å²) >= 11 is 0. The Balaban J connectivity index is 1.12. The Morgan fingerprint density at radius 1 is 0.333 bits per heavy atom. The van der Waals surface area contributed by atoms with Gasteiger partial charge in [0.15, 0.2) is 0 Å². The lowest BCUT2D eigenvalue weighted by molar-refractivity contribution is 0.768. The third-order valence-corrected chi connectivity index (χ3v) is 11.9. The van der Waals surface area contributed by atoms with Gasteiger partial charge in [-0.05, 0) is 105 Å². The minimum Gasteiger partial charge on any atom is -0.310 e. The maximum atomic E-state index is 2.45. The molecular formula is C55H38N2. The second kappa shape index (κ2) is 13.4. The number of anilines is 3. The number of aromatic nitrogens is 1. The number of hydrogen-bond acceptors (Lipinski definition) is 1. The van der Waals surface area contributed by atoms with E-state index in [9.17, 15) is 0 Å². The number of rotatable bonds is 7. The highest BCUT2D eigenvalue weighted by Gasteiger charge is 2.46.